The monoisotopic (exact) mass is 171 g/mol. The maximum Gasteiger partial charge on any atom is 0.0549 e. The van der Waals surface area contributed by atoms with Gasteiger partial charge in [0.05, 0.1) is 6.10 Å². The van der Waals surface area contributed by atoms with Gasteiger partial charge in [-0.2, -0.15) is 0 Å². The number of rotatable bonds is 4. The molecule has 0 aromatic carbocycles. The quantitative estimate of drug-likeness (QED) is 0.694. The van der Waals surface area contributed by atoms with Gasteiger partial charge in [0.15, 0.2) is 0 Å². The molecule has 0 amide bonds. The molecule has 72 valence electrons. The van der Waals surface area contributed by atoms with Gasteiger partial charge >= 0.3 is 0 Å². The van der Waals surface area contributed by atoms with Gasteiger partial charge in [-0.15, -0.1) is 0 Å². The predicted octanol–water partition coefficient (Wildman–Crippen LogP) is 1.66. The fourth-order valence-corrected chi connectivity index (χ4v) is 1.89. The van der Waals surface area contributed by atoms with Crippen LogP contribution in [0, 0.1) is 11.3 Å². The molecule has 2 nitrogen and oxygen atoms in total. The molecule has 1 rings (SSSR count). The molecule has 2 heteroatoms. The predicted molar refractivity (Wildman–Crippen MR) is 51.2 cm³/mol. The van der Waals surface area contributed by atoms with Crippen LogP contribution in [0.4, 0.5) is 0 Å². The van der Waals surface area contributed by atoms with Crippen molar-refractivity contribution in [2.45, 2.75) is 33.3 Å². The first-order valence-electron chi connectivity index (χ1n) is 4.84. The van der Waals surface area contributed by atoms with E-state index in [1.54, 1.807) is 7.11 Å². The van der Waals surface area contributed by atoms with E-state index in [9.17, 15) is 0 Å². The van der Waals surface area contributed by atoms with Crippen molar-refractivity contribution in [2.24, 2.45) is 11.3 Å². The summed E-state index contributed by atoms with van der Waals surface area (Å²) in [7, 11) is 1.80. The topological polar surface area (TPSA) is 21.3 Å². The molecule has 12 heavy (non-hydrogen) atoms. The largest absolute Gasteiger partial charge is 0.382 e. The van der Waals surface area contributed by atoms with E-state index in [0.717, 1.165) is 5.92 Å². The second-order valence-electron chi connectivity index (χ2n) is 4.37. The first-order chi connectivity index (χ1) is 5.60. The van der Waals surface area contributed by atoms with Crippen LogP contribution in [-0.4, -0.2) is 26.3 Å². The van der Waals surface area contributed by atoms with Gasteiger partial charge in [-0.05, 0) is 24.7 Å². The number of hydrogen-bond donors (Lipinski definition) is 1. The van der Waals surface area contributed by atoms with Crippen LogP contribution in [0.15, 0.2) is 0 Å². The van der Waals surface area contributed by atoms with Crippen molar-refractivity contribution in [2.75, 3.05) is 20.2 Å². The van der Waals surface area contributed by atoms with Gasteiger partial charge in [-0.3, -0.25) is 0 Å². The third-order valence-corrected chi connectivity index (χ3v) is 3.28. The van der Waals surface area contributed by atoms with E-state index >= 15 is 0 Å². The summed E-state index contributed by atoms with van der Waals surface area (Å²) in [6.07, 6.45) is 1.59. The molecule has 1 aliphatic rings. The smallest absolute Gasteiger partial charge is 0.0549 e. The normalized spacial score (nSPS) is 23.8. The Kier molecular flexibility index (Phi) is 3.13. The molecule has 1 atom stereocenters. The summed E-state index contributed by atoms with van der Waals surface area (Å²) in [4.78, 5) is 0. The third kappa shape index (κ3) is 1.80. The molecule has 0 aromatic rings. The molecule has 1 saturated heterocycles. The first-order valence-corrected chi connectivity index (χ1v) is 4.84. The van der Waals surface area contributed by atoms with Gasteiger partial charge < -0.3 is 10.1 Å². The van der Waals surface area contributed by atoms with Crippen LogP contribution in [0.3, 0.4) is 0 Å². The SMILES string of the molecule is COC(C)CC1(C(C)C)CNC1. The molecule has 1 heterocycles. The summed E-state index contributed by atoms with van der Waals surface area (Å²) in [5, 5.41) is 3.36. The highest BCUT2D eigenvalue weighted by atomic mass is 16.5. The van der Waals surface area contributed by atoms with E-state index in [-0.39, 0.29) is 0 Å². The molecule has 0 aliphatic carbocycles. The van der Waals surface area contributed by atoms with Crippen LogP contribution in [0.25, 0.3) is 0 Å². The molecule has 1 fully saturated rings. The van der Waals surface area contributed by atoms with Gasteiger partial charge in [0, 0.05) is 20.2 Å². The van der Waals surface area contributed by atoms with E-state index in [2.05, 4.69) is 26.1 Å². The standard InChI is InChI=1S/C10H21NO/c1-8(2)10(6-11-7-10)5-9(3)12-4/h8-9,11H,5-7H2,1-4H3. The summed E-state index contributed by atoms with van der Waals surface area (Å²) in [5.74, 6) is 0.761. The summed E-state index contributed by atoms with van der Waals surface area (Å²) < 4.78 is 5.30. The Bertz CT molecular complexity index is 141. The number of nitrogens with one attached hydrogen (secondary N) is 1. The van der Waals surface area contributed by atoms with Crippen molar-refractivity contribution in [3.8, 4) is 0 Å². The van der Waals surface area contributed by atoms with Crippen LogP contribution < -0.4 is 5.32 Å². The average Bonchev–Trinajstić information content (AvgIpc) is 1.95. The van der Waals surface area contributed by atoms with Crippen LogP contribution in [0.1, 0.15) is 27.2 Å². The Balaban J connectivity index is 2.45. The van der Waals surface area contributed by atoms with Crippen molar-refractivity contribution in [1.82, 2.24) is 5.32 Å². The molecule has 1 aliphatic heterocycles. The highest BCUT2D eigenvalue weighted by Gasteiger charge is 2.40. The Labute approximate surface area is 75.7 Å². The van der Waals surface area contributed by atoms with Crippen molar-refractivity contribution in [3.63, 3.8) is 0 Å². The Morgan fingerprint density at radius 3 is 2.17 bits per heavy atom. The van der Waals surface area contributed by atoms with E-state index in [4.69, 9.17) is 4.74 Å². The fraction of sp³-hybridized carbons (Fsp3) is 1.00. The molecule has 0 bridgehead atoms. The van der Waals surface area contributed by atoms with Crippen LogP contribution in [-0.2, 0) is 4.74 Å². The lowest BCUT2D eigenvalue weighted by atomic mass is 9.69. The lowest BCUT2D eigenvalue weighted by Crippen LogP contribution is -2.57. The van der Waals surface area contributed by atoms with Crippen molar-refractivity contribution < 1.29 is 4.74 Å². The zero-order valence-corrected chi connectivity index (χ0v) is 8.68. The first kappa shape index (κ1) is 10.0. The molecule has 1 N–H and O–H groups in total. The van der Waals surface area contributed by atoms with Gasteiger partial charge in [0.25, 0.3) is 0 Å². The van der Waals surface area contributed by atoms with Gasteiger partial charge in [-0.1, -0.05) is 13.8 Å². The zero-order valence-electron chi connectivity index (χ0n) is 8.68. The molecule has 0 saturated carbocycles. The summed E-state index contributed by atoms with van der Waals surface area (Å²) in [6.45, 7) is 9.10. The minimum atomic E-state index is 0.398. The minimum Gasteiger partial charge on any atom is -0.382 e. The summed E-state index contributed by atoms with van der Waals surface area (Å²) in [6, 6.07) is 0. The number of hydrogen-bond acceptors (Lipinski definition) is 2. The Morgan fingerprint density at radius 2 is 1.92 bits per heavy atom. The zero-order chi connectivity index (χ0) is 9.19. The van der Waals surface area contributed by atoms with Crippen LogP contribution >= 0.6 is 0 Å². The Morgan fingerprint density at radius 1 is 1.33 bits per heavy atom. The lowest BCUT2D eigenvalue weighted by Gasteiger charge is -2.47. The van der Waals surface area contributed by atoms with E-state index in [0.29, 0.717) is 11.5 Å². The molecular formula is C10H21NO. The minimum absolute atomic E-state index is 0.398. The highest BCUT2D eigenvalue weighted by Crippen LogP contribution is 2.36. The van der Waals surface area contributed by atoms with E-state index in [1.807, 2.05) is 0 Å². The lowest BCUT2D eigenvalue weighted by molar-refractivity contribution is 0.00929. The average molecular weight is 171 g/mol. The third-order valence-electron chi connectivity index (χ3n) is 3.28. The molecule has 1 unspecified atom stereocenters. The number of methoxy groups -OCH3 is 1. The van der Waals surface area contributed by atoms with E-state index < -0.39 is 0 Å². The van der Waals surface area contributed by atoms with Crippen molar-refractivity contribution >= 4 is 0 Å². The molecule has 0 aromatic heterocycles. The van der Waals surface area contributed by atoms with Crippen LogP contribution in [0.5, 0.6) is 0 Å². The van der Waals surface area contributed by atoms with Gasteiger partial charge in [0.1, 0.15) is 0 Å². The second-order valence-corrected chi connectivity index (χ2v) is 4.37. The number of ether oxygens (including phenoxy) is 1. The van der Waals surface area contributed by atoms with E-state index in [1.165, 1.54) is 19.5 Å². The Hall–Kier alpha value is -0.0800. The molecular weight excluding hydrogens is 150 g/mol. The summed E-state index contributed by atoms with van der Waals surface area (Å²) >= 11 is 0. The highest BCUT2D eigenvalue weighted by molar-refractivity contribution is 4.95. The van der Waals surface area contributed by atoms with Crippen molar-refractivity contribution in [3.05, 3.63) is 0 Å². The van der Waals surface area contributed by atoms with Gasteiger partial charge in [-0.25, -0.2) is 0 Å². The van der Waals surface area contributed by atoms with Crippen molar-refractivity contribution in [1.29, 1.82) is 0 Å². The molecule has 0 spiro atoms. The summed E-state index contributed by atoms with van der Waals surface area (Å²) in [5.41, 5.74) is 0.509. The second kappa shape index (κ2) is 3.75. The molecule has 0 radical (unpaired) electrons. The maximum atomic E-state index is 5.30. The fourth-order valence-electron chi connectivity index (χ4n) is 1.89. The van der Waals surface area contributed by atoms with Crippen LogP contribution in [0.2, 0.25) is 0 Å². The maximum absolute atomic E-state index is 5.30. The van der Waals surface area contributed by atoms with Gasteiger partial charge in [0.2, 0.25) is 0 Å².